The molecule has 0 aromatic carbocycles. The molecule has 0 aromatic heterocycles. The van der Waals surface area contributed by atoms with Crippen LogP contribution in [0.2, 0.25) is 0 Å². The number of carbonyl (C=O) groups is 4. The van der Waals surface area contributed by atoms with Crippen LogP contribution in [0.3, 0.4) is 0 Å². The van der Waals surface area contributed by atoms with Crippen molar-refractivity contribution < 1.29 is 29.4 Å². The minimum Gasteiger partial charge on any atom is -0.480 e. The van der Waals surface area contributed by atoms with Crippen molar-refractivity contribution in [3.05, 3.63) is 0 Å². The van der Waals surface area contributed by atoms with Crippen LogP contribution < -0.4 is 21.7 Å². The van der Waals surface area contributed by atoms with E-state index in [4.69, 9.17) is 10.8 Å². The average Bonchev–Trinajstić information content (AvgIpc) is 2.65. The van der Waals surface area contributed by atoms with Gasteiger partial charge in [0.15, 0.2) is 0 Å². The molecule has 0 saturated heterocycles. The maximum absolute atomic E-state index is 12.3. The van der Waals surface area contributed by atoms with Crippen LogP contribution in [0.15, 0.2) is 0 Å². The summed E-state index contributed by atoms with van der Waals surface area (Å²) in [6.45, 7) is 2.88. The summed E-state index contributed by atoms with van der Waals surface area (Å²) in [7, 11) is 0. The summed E-state index contributed by atoms with van der Waals surface area (Å²) in [5, 5.41) is 25.2. The molecule has 0 fully saturated rings. The summed E-state index contributed by atoms with van der Waals surface area (Å²) in [6, 6.07) is -4.52. The van der Waals surface area contributed by atoms with E-state index in [9.17, 15) is 24.3 Å². The molecule has 0 aromatic rings. The molecule has 7 N–H and O–H groups in total. The van der Waals surface area contributed by atoms with Crippen molar-refractivity contribution in [3.8, 4) is 0 Å². The molecule has 0 heterocycles. The minimum atomic E-state index is -1.20. The molecule has 0 aliphatic heterocycles. The van der Waals surface area contributed by atoms with Crippen LogP contribution in [0.4, 0.5) is 0 Å². The number of aliphatic hydroxyl groups excluding tert-OH is 1. The standard InChI is InChI=1S/C15H28N4O6S2/c1-3-7(2)11(15(24)25)19-14(23)10(6-27)18-13(22)9(5-26)17-12(21)8(16)4-20/h7-11,20,26-27H,3-6,16H2,1-2H3,(H,17,21)(H,18,22)(H,19,23)(H,24,25). The molecule has 156 valence electrons. The van der Waals surface area contributed by atoms with Crippen molar-refractivity contribution >= 4 is 48.9 Å². The second-order valence-electron chi connectivity index (χ2n) is 5.99. The zero-order chi connectivity index (χ0) is 21.1. The number of amides is 3. The Morgan fingerprint density at radius 2 is 1.41 bits per heavy atom. The lowest BCUT2D eigenvalue weighted by Crippen LogP contribution is -2.59. The van der Waals surface area contributed by atoms with E-state index < -0.39 is 54.5 Å². The molecule has 0 spiro atoms. The quantitative estimate of drug-likeness (QED) is 0.164. The van der Waals surface area contributed by atoms with Gasteiger partial charge in [-0.2, -0.15) is 25.3 Å². The number of carbonyl (C=O) groups excluding carboxylic acids is 3. The normalized spacial score (nSPS) is 16.4. The van der Waals surface area contributed by atoms with Crippen molar-refractivity contribution in [2.24, 2.45) is 11.7 Å². The van der Waals surface area contributed by atoms with Gasteiger partial charge < -0.3 is 31.9 Å². The molecule has 12 heteroatoms. The first-order valence-electron chi connectivity index (χ1n) is 8.34. The molecule has 0 rings (SSSR count). The van der Waals surface area contributed by atoms with Gasteiger partial charge in [0.25, 0.3) is 0 Å². The molecule has 0 aliphatic carbocycles. The van der Waals surface area contributed by atoms with E-state index in [1.165, 1.54) is 0 Å². The number of hydrogen-bond donors (Lipinski definition) is 8. The van der Waals surface area contributed by atoms with E-state index in [1.807, 2.05) is 0 Å². The molecule has 3 amide bonds. The fraction of sp³-hybridized carbons (Fsp3) is 0.733. The molecule has 5 unspecified atom stereocenters. The molecule has 10 nitrogen and oxygen atoms in total. The fourth-order valence-corrected chi connectivity index (χ4v) is 2.47. The number of rotatable bonds is 12. The van der Waals surface area contributed by atoms with Gasteiger partial charge in [-0.1, -0.05) is 20.3 Å². The lowest BCUT2D eigenvalue weighted by molar-refractivity contribution is -0.143. The van der Waals surface area contributed by atoms with Crippen molar-refractivity contribution in [2.45, 2.75) is 44.4 Å². The Balaban J connectivity index is 5.01. The number of aliphatic carboxylic acids is 1. The summed E-state index contributed by atoms with van der Waals surface area (Å²) < 4.78 is 0. The van der Waals surface area contributed by atoms with Crippen molar-refractivity contribution in [3.63, 3.8) is 0 Å². The highest BCUT2D eigenvalue weighted by atomic mass is 32.1. The van der Waals surface area contributed by atoms with Crippen molar-refractivity contribution in [1.29, 1.82) is 0 Å². The average molecular weight is 425 g/mol. The van der Waals surface area contributed by atoms with E-state index in [-0.39, 0.29) is 17.4 Å². The van der Waals surface area contributed by atoms with E-state index in [0.29, 0.717) is 6.42 Å². The predicted molar refractivity (Wildman–Crippen MR) is 106 cm³/mol. The van der Waals surface area contributed by atoms with Gasteiger partial charge in [0.2, 0.25) is 17.7 Å². The Morgan fingerprint density at radius 3 is 1.78 bits per heavy atom. The van der Waals surface area contributed by atoms with Gasteiger partial charge in [-0.05, 0) is 5.92 Å². The molecular formula is C15H28N4O6S2. The topological polar surface area (TPSA) is 171 Å². The Morgan fingerprint density at radius 1 is 0.963 bits per heavy atom. The predicted octanol–water partition coefficient (Wildman–Crippen LogP) is -2.25. The van der Waals surface area contributed by atoms with Gasteiger partial charge in [-0.25, -0.2) is 4.79 Å². The van der Waals surface area contributed by atoms with Crippen LogP contribution in [-0.2, 0) is 19.2 Å². The number of carboxylic acids is 1. The van der Waals surface area contributed by atoms with Crippen molar-refractivity contribution in [1.82, 2.24) is 16.0 Å². The van der Waals surface area contributed by atoms with Gasteiger partial charge in [0, 0.05) is 11.5 Å². The van der Waals surface area contributed by atoms with Gasteiger partial charge in [-0.15, -0.1) is 0 Å². The van der Waals surface area contributed by atoms with Gasteiger partial charge in [0.05, 0.1) is 6.61 Å². The first-order valence-corrected chi connectivity index (χ1v) is 9.61. The summed E-state index contributed by atoms with van der Waals surface area (Å²) in [5.41, 5.74) is 5.37. The largest absolute Gasteiger partial charge is 0.480 e. The van der Waals surface area contributed by atoms with Crippen LogP contribution in [-0.4, -0.2) is 76.2 Å². The highest BCUT2D eigenvalue weighted by molar-refractivity contribution is 7.80. The number of carboxylic acid groups (broad SMARTS) is 1. The molecule has 0 aliphatic rings. The van der Waals surface area contributed by atoms with E-state index in [0.717, 1.165) is 0 Å². The van der Waals surface area contributed by atoms with Crippen LogP contribution in [0.1, 0.15) is 20.3 Å². The van der Waals surface area contributed by atoms with Crippen LogP contribution in [0, 0.1) is 5.92 Å². The van der Waals surface area contributed by atoms with Gasteiger partial charge >= 0.3 is 5.97 Å². The van der Waals surface area contributed by atoms with Gasteiger partial charge in [-0.3, -0.25) is 14.4 Å². The fourth-order valence-electron chi connectivity index (χ4n) is 1.96. The smallest absolute Gasteiger partial charge is 0.326 e. The molecular weight excluding hydrogens is 396 g/mol. The Hall–Kier alpha value is -1.50. The maximum Gasteiger partial charge on any atom is 0.326 e. The lowest BCUT2D eigenvalue weighted by Gasteiger charge is -2.25. The second kappa shape index (κ2) is 12.8. The Labute approximate surface area is 168 Å². The second-order valence-corrected chi connectivity index (χ2v) is 6.72. The number of nitrogens with two attached hydrogens (primary N) is 1. The SMILES string of the molecule is CCC(C)C(NC(=O)C(CS)NC(=O)C(CS)NC(=O)C(N)CO)C(=O)O. The van der Waals surface area contributed by atoms with Gasteiger partial charge in [0.1, 0.15) is 24.2 Å². The monoisotopic (exact) mass is 424 g/mol. The summed E-state index contributed by atoms with van der Waals surface area (Å²) >= 11 is 7.99. The number of nitrogens with one attached hydrogen (secondary N) is 3. The van der Waals surface area contributed by atoms with Crippen LogP contribution >= 0.6 is 25.3 Å². The highest BCUT2D eigenvalue weighted by Gasteiger charge is 2.30. The van der Waals surface area contributed by atoms with E-state index in [2.05, 4.69) is 41.2 Å². The summed E-state index contributed by atoms with van der Waals surface area (Å²) in [4.78, 5) is 47.7. The number of thiol groups is 2. The molecule has 27 heavy (non-hydrogen) atoms. The molecule has 0 radical (unpaired) electrons. The van der Waals surface area contributed by atoms with E-state index in [1.54, 1.807) is 13.8 Å². The number of hydrogen-bond acceptors (Lipinski definition) is 8. The highest BCUT2D eigenvalue weighted by Crippen LogP contribution is 2.08. The number of aliphatic hydroxyl groups is 1. The van der Waals surface area contributed by atoms with Crippen LogP contribution in [0.5, 0.6) is 0 Å². The maximum atomic E-state index is 12.3. The zero-order valence-electron chi connectivity index (χ0n) is 15.2. The molecule has 0 saturated carbocycles. The molecule has 0 bridgehead atoms. The minimum absolute atomic E-state index is 0.0821. The molecule has 5 atom stereocenters. The summed E-state index contributed by atoms with van der Waals surface area (Å²) in [5.74, 6) is -3.83. The lowest BCUT2D eigenvalue weighted by atomic mass is 9.99. The third-order valence-corrected chi connectivity index (χ3v) is 4.67. The Kier molecular flexibility index (Phi) is 12.1. The third-order valence-electron chi connectivity index (χ3n) is 3.94. The zero-order valence-corrected chi connectivity index (χ0v) is 17.0. The van der Waals surface area contributed by atoms with Crippen molar-refractivity contribution in [2.75, 3.05) is 18.1 Å². The first kappa shape index (κ1) is 25.5. The first-order chi connectivity index (χ1) is 12.6. The van der Waals surface area contributed by atoms with E-state index >= 15 is 0 Å². The Bertz CT molecular complexity index is 536. The third kappa shape index (κ3) is 8.37. The van der Waals surface area contributed by atoms with Crippen LogP contribution in [0.25, 0.3) is 0 Å². The summed E-state index contributed by atoms with van der Waals surface area (Å²) in [6.07, 6.45) is 0.536.